The minimum atomic E-state index is 0.186. The van der Waals surface area contributed by atoms with E-state index in [9.17, 15) is 0 Å². The lowest BCUT2D eigenvalue weighted by Crippen LogP contribution is -2.38. The third kappa shape index (κ3) is 4.41. The first-order valence-electron chi connectivity index (χ1n) is 9.40. The Morgan fingerprint density at radius 3 is 1.67 bits per heavy atom. The molecule has 24 heavy (non-hydrogen) atoms. The van der Waals surface area contributed by atoms with Crippen molar-refractivity contribution in [2.45, 2.75) is 65.8 Å². The molecule has 0 radical (unpaired) electrons. The highest BCUT2D eigenvalue weighted by Gasteiger charge is 2.46. The molecule has 1 saturated heterocycles. The second-order valence-corrected chi connectivity index (χ2v) is 6.84. The van der Waals surface area contributed by atoms with E-state index in [1.807, 2.05) is 27.7 Å². The Labute approximate surface area is 149 Å². The molecule has 1 aliphatic heterocycles. The van der Waals surface area contributed by atoms with E-state index in [0.29, 0.717) is 0 Å². The van der Waals surface area contributed by atoms with Crippen LogP contribution >= 0.6 is 0 Å². The second-order valence-electron chi connectivity index (χ2n) is 6.84. The number of hydrogen-bond donors (Lipinski definition) is 0. The van der Waals surface area contributed by atoms with Crippen molar-refractivity contribution in [1.82, 2.24) is 0 Å². The molecule has 0 spiro atoms. The Kier molecular flexibility index (Phi) is 7.54. The van der Waals surface area contributed by atoms with Gasteiger partial charge in [-0.3, -0.25) is 0 Å². The lowest BCUT2D eigenvalue weighted by molar-refractivity contribution is 0.445. The maximum atomic E-state index is 2.56. The molecule has 2 aromatic carbocycles. The quantitative estimate of drug-likeness (QED) is 0.595. The monoisotopic (exact) mass is 325 g/mol. The molecule has 0 aliphatic carbocycles. The summed E-state index contributed by atoms with van der Waals surface area (Å²) in [6, 6.07) is 21.7. The van der Waals surface area contributed by atoms with Gasteiger partial charge in [0.25, 0.3) is 0 Å². The molecule has 0 bridgehead atoms. The fraction of sp³-hybridized carbons (Fsp3) is 0.478. The Bertz CT molecular complexity index is 573. The third-order valence-electron chi connectivity index (χ3n) is 4.60. The number of para-hydroxylation sites is 1. The molecule has 1 unspecified atom stereocenters. The van der Waals surface area contributed by atoms with Gasteiger partial charge in [-0.1, -0.05) is 83.1 Å². The largest absolute Gasteiger partial charge is 0.365 e. The zero-order chi connectivity index (χ0) is 18.2. The van der Waals surface area contributed by atoms with E-state index in [2.05, 4.69) is 86.3 Å². The van der Waals surface area contributed by atoms with Crippen molar-refractivity contribution in [2.24, 2.45) is 0 Å². The molecule has 0 amide bonds. The number of anilines is 1. The van der Waals surface area contributed by atoms with Crippen molar-refractivity contribution < 1.29 is 0 Å². The lowest BCUT2D eigenvalue weighted by Gasteiger charge is -2.33. The Morgan fingerprint density at radius 1 is 0.708 bits per heavy atom. The number of hydrogen-bond acceptors (Lipinski definition) is 1. The predicted octanol–water partition coefficient (Wildman–Crippen LogP) is 6.69. The molecular weight excluding hydrogens is 290 g/mol. The Hall–Kier alpha value is -1.76. The van der Waals surface area contributed by atoms with Crippen LogP contribution in [-0.4, -0.2) is 12.1 Å². The molecule has 2 aromatic rings. The van der Waals surface area contributed by atoms with Crippen LogP contribution in [0.2, 0.25) is 0 Å². The van der Waals surface area contributed by atoms with Crippen LogP contribution in [0.1, 0.15) is 60.5 Å². The van der Waals surface area contributed by atoms with Crippen LogP contribution in [0.5, 0.6) is 0 Å². The topological polar surface area (TPSA) is 3.24 Å². The minimum Gasteiger partial charge on any atom is -0.365 e. The maximum Gasteiger partial charge on any atom is 0.0370 e. The molecule has 1 heterocycles. The highest BCUT2D eigenvalue weighted by atomic mass is 15.2. The molecule has 1 heteroatoms. The van der Waals surface area contributed by atoms with Gasteiger partial charge in [0.2, 0.25) is 0 Å². The highest BCUT2D eigenvalue weighted by Crippen LogP contribution is 2.45. The van der Waals surface area contributed by atoms with E-state index in [1.54, 1.807) is 0 Å². The van der Waals surface area contributed by atoms with Gasteiger partial charge < -0.3 is 4.90 Å². The minimum absolute atomic E-state index is 0.186. The van der Waals surface area contributed by atoms with Crippen LogP contribution in [0.15, 0.2) is 60.7 Å². The number of nitrogens with zero attached hydrogens (tertiary/aromatic N) is 1. The van der Waals surface area contributed by atoms with E-state index in [4.69, 9.17) is 0 Å². The van der Waals surface area contributed by atoms with Crippen molar-refractivity contribution in [2.75, 3.05) is 11.4 Å². The standard InChI is InChI=1S/C19H23N.2C2H6/c1-18(2)14-19(3,16-10-6-4-7-11-16)15-20(18)17-12-8-5-9-13-17;2*1-2/h4-13H,14-15H2,1-3H3;2*1-2H3. The fourth-order valence-electron chi connectivity index (χ4n) is 3.75. The van der Waals surface area contributed by atoms with Crippen molar-refractivity contribution in [3.05, 3.63) is 66.2 Å². The first-order chi connectivity index (χ1) is 11.5. The summed E-state index contributed by atoms with van der Waals surface area (Å²) in [5.74, 6) is 0. The normalized spacial score (nSPS) is 21.2. The molecular formula is C23H35N. The summed E-state index contributed by atoms with van der Waals surface area (Å²) >= 11 is 0. The summed E-state index contributed by atoms with van der Waals surface area (Å²) in [5.41, 5.74) is 3.19. The van der Waals surface area contributed by atoms with Crippen molar-refractivity contribution in [1.29, 1.82) is 0 Å². The smallest absolute Gasteiger partial charge is 0.0370 e. The van der Waals surface area contributed by atoms with E-state index >= 15 is 0 Å². The van der Waals surface area contributed by atoms with Crippen LogP contribution in [0.4, 0.5) is 5.69 Å². The molecule has 1 nitrogen and oxygen atoms in total. The fourth-order valence-corrected chi connectivity index (χ4v) is 3.75. The summed E-state index contributed by atoms with van der Waals surface area (Å²) in [6.45, 7) is 16.2. The molecule has 132 valence electrons. The second kappa shape index (κ2) is 8.92. The zero-order valence-electron chi connectivity index (χ0n) is 16.6. The first-order valence-corrected chi connectivity index (χ1v) is 9.40. The summed E-state index contributed by atoms with van der Waals surface area (Å²) < 4.78 is 0. The van der Waals surface area contributed by atoms with Gasteiger partial charge >= 0.3 is 0 Å². The molecule has 0 aromatic heterocycles. The number of benzene rings is 2. The molecule has 0 saturated carbocycles. The first kappa shape index (κ1) is 20.3. The van der Waals surface area contributed by atoms with Crippen LogP contribution < -0.4 is 4.90 Å². The summed E-state index contributed by atoms with van der Waals surface area (Å²) in [6.07, 6.45) is 1.18. The van der Waals surface area contributed by atoms with E-state index in [1.165, 1.54) is 17.7 Å². The van der Waals surface area contributed by atoms with Gasteiger partial charge in [-0.15, -0.1) is 0 Å². The predicted molar refractivity (Wildman–Crippen MR) is 109 cm³/mol. The van der Waals surface area contributed by atoms with E-state index in [0.717, 1.165) is 6.54 Å². The summed E-state index contributed by atoms with van der Waals surface area (Å²) in [4.78, 5) is 2.56. The third-order valence-corrected chi connectivity index (χ3v) is 4.60. The summed E-state index contributed by atoms with van der Waals surface area (Å²) in [7, 11) is 0. The zero-order valence-corrected chi connectivity index (χ0v) is 16.6. The average Bonchev–Trinajstić information content (AvgIpc) is 2.90. The molecule has 1 aliphatic rings. The van der Waals surface area contributed by atoms with Gasteiger partial charge in [-0.25, -0.2) is 0 Å². The highest BCUT2D eigenvalue weighted by molar-refractivity contribution is 5.52. The van der Waals surface area contributed by atoms with Gasteiger partial charge in [0.15, 0.2) is 0 Å². The maximum absolute atomic E-state index is 2.56. The van der Waals surface area contributed by atoms with Gasteiger partial charge in [-0.2, -0.15) is 0 Å². The summed E-state index contributed by atoms with van der Waals surface area (Å²) in [5, 5.41) is 0. The average molecular weight is 326 g/mol. The molecule has 1 fully saturated rings. The van der Waals surface area contributed by atoms with Crippen LogP contribution in [0, 0.1) is 0 Å². The van der Waals surface area contributed by atoms with Crippen molar-refractivity contribution in [3.8, 4) is 0 Å². The Balaban J connectivity index is 0.000000671. The van der Waals surface area contributed by atoms with Gasteiger partial charge in [0.05, 0.1) is 0 Å². The molecule has 0 N–H and O–H groups in total. The molecule has 1 atom stereocenters. The molecule has 3 rings (SSSR count). The van der Waals surface area contributed by atoms with Crippen molar-refractivity contribution >= 4 is 5.69 Å². The van der Waals surface area contributed by atoms with E-state index in [-0.39, 0.29) is 11.0 Å². The van der Waals surface area contributed by atoms with Gasteiger partial charge in [-0.05, 0) is 38.0 Å². The van der Waals surface area contributed by atoms with Crippen LogP contribution in [-0.2, 0) is 5.41 Å². The van der Waals surface area contributed by atoms with Crippen LogP contribution in [0.25, 0.3) is 0 Å². The van der Waals surface area contributed by atoms with Gasteiger partial charge in [0.1, 0.15) is 0 Å². The van der Waals surface area contributed by atoms with Crippen LogP contribution in [0.3, 0.4) is 0 Å². The number of rotatable bonds is 2. The van der Waals surface area contributed by atoms with Crippen molar-refractivity contribution in [3.63, 3.8) is 0 Å². The SMILES string of the molecule is CC.CC.CC1(c2ccccc2)CN(c2ccccc2)C(C)(C)C1. The van der Waals surface area contributed by atoms with Gasteiger partial charge in [0, 0.05) is 23.2 Å². The lowest BCUT2D eigenvalue weighted by atomic mass is 9.78. The van der Waals surface area contributed by atoms with E-state index < -0.39 is 0 Å². The Morgan fingerprint density at radius 2 is 1.17 bits per heavy atom.